The van der Waals surface area contributed by atoms with E-state index in [2.05, 4.69) is 22.1 Å². The van der Waals surface area contributed by atoms with Gasteiger partial charge in [0.25, 0.3) is 0 Å². The summed E-state index contributed by atoms with van der Waals surface area (Å²) < 4.78 is 5.30. The molecule has 102 valence electrons. The maximum atomic E-state index is 5.30. The molecule has 0 aliphatic carbocycles. The fourth-order valence-corrected chi connectivity index (χ4v) is 2.13. The third-order valence-electron chi connectivity index (χ3n) is 3.30. The summed E-state index contributed by atoms with van der Waals surface area (Å²) in [5.74, 6) is 2.76. The zero-order chi connectivity index (χ0) is 12.1. The Balaban J connectivity index is 0.00000162. The van der Waals surface area contributed by atoms with E-state index in [-0.39, 0.29) is 24.0 Å². The normalized spacial score (nSPS) is 17.4. The van der Waals surface area contributed by atoms with E-state index in [9.17, 15) is 0 Å². The van der Waals surface area contributed by atoms with E-state index in [1.54, 1.807) is 6.26 Å². The summed E-state index contributed by atoms with van der Waals surface area (Å²) in [5.41, 5.74) is 0. The lowest BCUT2D eigenvalue weighted by Gasteiger charge is -2.32. The molecule has 2 heterocycles. The molecule has 0 atom stereocenters. The van der Waals surface area contributed by atoms with E-state index >= 15 is 0 Å². The number of nitrogens with one attached hydrogen (secondary N) is 1. The Labute approximate surface area is 126 Å². The fraction of sp³-hybridized carbons (Fsp3) is 0.615. The van der Waals surface area contributed by atoms with Crippen LogP contribution >= 0.6 is 24.0 Å². The highest BCUT2D eigenvalue weighted by atomic mass is 127. The SMILES string of the molecule is CN=C(NCc1ccco1)N1CCC(C)CC1.I. The van der Waals surface area contributed by atoms with Gasteiger partial charge in [-0.05, 0) is 30.9 Å². The van der Waals surface area contributed by atoms with Gasteiger partial charge in [-0.2, -0.15) is 0 Å². The monoisotopic (exact) mass is 363 g/mol. The van der Waals surface area contributed by atoms with Gasteiger partial charge in [0, 0.05) is 20.1 Å². The minimum absolute atomic E-state index is 0. The number of hydrogen-bond donors (Lipinski definition) is 1. The van der Waals surface area contributed by atoms with Gasteiger partial charge in [0.05, 0.1) is 12.8 Å². The van der Waals surface area contributed by atoms with Crippen LogP contribution in [0.15, 0.2) is 27.8 Å². The van der Waals surface area contributed by atoms with Crippen molar-refractivity contribution in [2.24, 2.45) is 10.9 Å². The van der Waals surface area contributed by atoms with Crippen molar-refractivity contribution in [3.63, 3.8) is 0 Å². The Hall–Kier alpha value is -0.720. The Morgan fingerprint density at radius 2 is 2.22 bits per heavy atom. The van der Waals surface area contributed by atoms with Gasteiger partial charge in [0.2, 0.25) is 0 Å². The summed E-state index contributed by atoms with van der Waals surface area (Å²) in [4.78, 5) is 6.65. The minimum atomic E-state index is 0. The molecule has 0 radical (unpaired) electrons. The molecule has 0 spiro atoms. The van der Waals surface area contributed by atoms with Crippen molar-refractivity contribution < 1.29 is 4.42 Å². The zero-order valence-corrected chi connectivity index (χ0v) is 13.4. The summed E-state index contributed by atoms with van der Waals surface area (Å²) in [7, 11) is 1.84. The summed E-state index contributed by atoms with van der Waals surface area (Å²) in [6.07, 6.45) is 4.20. The lowest BCUT2D eigenvalue weighted by Crippen LogP contribution is -2.45. The van der Waals surface area contributed by atoms with E-state index in [1.165, 1.54) is 12.8 Å². The first-order chi connectivity index (χ1) is 8.29. The Kier molecular flexibility index (Phi) is 6.52. The van der Waals surface area contributed by atoms with Crippen LogP contribution in [0, 0.1) is 5.92 Å². The van der Waals surface area contributed by atoms with Gasteiger partial charge in [-0.15, -0.1) is 24.0 Å². The topological polar surface area (TPSA) is 40.8 Å². The molecule has 1 aromatic rings. The lowest BCUT2D eigenvalue weighted by molar-refractivity contribution is 0.272. The highest BCUT2D eigenvalue weighted by molar-refractivity contribution is 14.0. The van der Waals surface area contributed by atoms with Crippen molar-refractivity contribution in [2.45, 2.75) is 26.3 Å². The molecule has 2 rings (SSSR count). The number of hydrogen-bond acceptors (Lipinski definition) is 2. The molecule has 0 amide bonds. The fourth-order valence-electron chi connectivity index (χ4n) is 2.13. The van der Waals surface area contributed by atoms with E-state index in [1.807, 2.05) is 19.2 Å². The summed E-state index contributed by atoms with van der Waals surface area (Å²) in [6, 6.07) is 3.88. The third-order valence-corrected chi connectivity index (χ3v) is 3.30. The maximum Gasteiger partial charge on any atom is 0.194 e. The number of halogens is 1. The van der Waals surface area contributed by atoms with Gasteiger partial charge in [-0.3, -0.25) is 4.99 Å². The Morgan fingerprint density at radius 1 is 1.50 bits per heavy atom. The highest BCUT2D eigenvalue weighted by Gasteiger charge is 2.18. The van der Waals surface area contributed by atoms with Crippen LogP contribution in [-0.4, -0.2) is 31.0 Å². The van der Waals surface area contributed by atoms with Crippen LogP contribution in [-0.2, 0) is 6.54 Å². The predicted octanol–water partition coefficient (Wildman–Crippen LogP) is 2.70. The number of piperidine rings is 1. The van der Waals surface area contributed by atoms with Crippen molar-refractivity contribution in [2.75, 3.05) is 20.1 Å². The molecule has 0 bridgehead atoms. The van der Waals surface area contributed by atoms with Crippen molar-refractivity contribution in [3.8, 4) is 0 Å². The molecule has 0 unspecified atom stereocenters. The Bertz CT molecular complexity index is 356. The molecule has 1 saturated heterocycles. The van der Waals surface area contributed by atoms with E-state index in [0.717, 1.165) is 30.7 Å². The van der Waals surface area contributed by atoms with Gasteiger partial charge in [0.1, 0.15) is 5.76 Å². The lowest BCUT2D eigenvalue weighted by atomic mass is 10.00. The second-order valence-electron chi connectivity index (χ2n) is 4.65. The molecular formula is C13H22IN3O. The molecule has 1 N–H and O–H groups in total. The molecule has 0 saturated carbocycles. The van der Waals surface area contributed by atoms with E-state index in [0.29, 0.717) is 6.54 Å². The minimum Gasteiger partial charge on any atom is -0.467 e. The molecule has 1 aliphatic heterocycles. The number of likely N-dealkylation sites (tertiary alicyclic amines) is 1. The van der Waals surface area contributed by atoms with Gasteiger partial charge >= 0.3 is 0 Å². The number of rotatable bonds is 2. The molecule has 1 aliphatic rings. The number of nitrogens with zero attached hydrogens (tertiary/aromatic N) is 2. The van der Waals surface area contributed by atoms with Crippen LogP contribution in [0.4, 0.5) is 0 Å². The van der Waals surface area contributed by atoms with Crippen molar-refractivity contribution >= 4 is 29.9 Å². The second-order valence-corrected chi connectivity index (χ2v) is 4.65. The number of guanidine groups is 1. The van der Waals surface area contributed by atoms with Crippen LogP contribution in [0.5, 0.6) is 0 Å². The first-order valence-corrected chi connectivity index (χ1v) is 6.27. The predicted molar refractivity (Wildman–Crippen MR) is 84.3 cm³/mol. The Morgan fingerprint density at radius 3 is 2.78 bits per heavy atom. The van der Waals surface area contributed by atoms with Gasteiger partial charge in [-0.25, -0.2) is 0 Å². The van der Waals surface area contributed by atoms with Crippen molar-refractivity contribution in [1.82, 2.24) is 10.2 Å². The number of furan rings is 1. The summed E-state index contributed by atoms with van der Waals surface area (Å²) in [5, 5.41) is 3.34. The maximum absolute atomic E-state index is 5.30. The van der Waals surface area contributed by atoms with Crippen LogP contribution in [0.2, 0.25) is 0 Å². The van der Waals surface area contributed by atoms with Gasteiger partial charge in [-0.1, -0.05) is 6.92 Å². The van der Waals surface area contributed by atoms with Crippen LogP contribution in [0.1, 0.15) is 25.5 Å². The molecule has 5 heteroatoms. The zero-order valence-electron chi connectivity index (χ0n) is 11.1. The average molecular weight is 363 g/mol. The van der Waals surface area contributed by atoms with Crippen LogP contribution in [0.25, 0.3) is 0 Å². The van der Waals surface area contributed by atoms with E-state index in [4.69, 9.17) is 4.42 Å². The standard InChI is InChI=1S/C13H21N3O.HI/c1-11-5-7-16(8-6-11)13(14-2)15-10-12-4-3-9-17-12;/h3-4,9,11H,5-8,10H2,1-2H3,(H,14,15);1H. The summed E-state index contributed by atoms with van der Waals surface area (Å²) in [6.45, 7) is 5.21. The second kappa shape index (κ2) is 7.66. The van der Waals surface area contributed by atoms with Crippen molar-refractivity contribution in [3.05, 3.63) is 24.2 Å². The van der Waals surface area contributed by atoms with Crippen LogP contribution in [0.3, 0.4) is 0 Å². The van der Waals surface area contributed by atoms with Crippen LogP contribution < -0.4 is 5.32 Å². The van der Waals surface area contributed by atoms with Gasteiger partial charge < -0.3 is 14.6 Å². The molecular weight excluding hydrogens is 341 g/mol. The highest BCUT2D eigenvalue weighted by Crippen LogP contribution is 2.15. The first kappa shape index (κ1) is 15.3. The quantitative estimate of drug-likeness (QED) is 0.499. The molecule has 4 nitrogen and oxygen atoms in total. The van der Waals surface area contributed by atoms with E-state index < -0.39 is 0 Å². The number of aliphatic imine (C=N–C) groups is 1. The average Bonchev–Trinajstić information content (AvgIpc) is 2.85. The molecule has 1 aromatic heterocycles. The smallest absolute Gasteiger partial charge is 0.194 e. The molecule has 0 aromatic carbocycles. The van der Waals surface area contributed by atoms with Gasteiger partial charge in [0.15, 0.2) is 5.96 Å². The first-order valence-electron chi connectivity index (χ1n) is 6.27. The van der Waals surface area contributed by atoms with Crippen molar-refractivity contribution in [1.29, 1.82) is 0 Å². The summed E-state index contributed by atoms with van der Waals surface area (Å²) >= 11 is 0. The molecule has 18 heavy (non-hydrogen) atoms. The molecule has 1 fully saturated rings. The third kappa shape index (κ3) is 4.19. The largest absolute Gasteiger partial charge is 0.467 e.